The molecule has 0 radical (unpaired) electrons. The van der Waals surface area contributed by atoms with E-state index in [1.165, 1.54) is 12.1 Å². The zero-order chi connectivity index (χ0) is 21.9. The zero-order valence-electron chi connectivity index (χ0n) is 17.6. The third-order valence-electron chi connectivity index (χ3n) is 4.77. The monoisotopic (exact) mass is 424 g/mol. The Morgan fingerprint density at radius 3 is 2.19 bits per heavy atom. The van der Waals surface area contributed by atoms with Crippen LogP contribution in [-0.2, 0) is 4.74 Å². The third kappa shape index (κ3) is 7.18. The van der Waals surface area contributed by atoms with Crippen LogP contribution in [0.15, 0.2) is 55.7 Å². The Morgan fingerprint density at radius 1 is 1.00 bits per heavy atom. The van der Waals surface area contributed by atoms with Gasteiger partial charge in [-0.3, -0.25) is 0 Å². The maximum absolute atomic E-state index is 12.9. The lowest BCUT2D eigenvalue weighted by molar-refractivity contribution is 0.0562. The van der Waals surface area contributed by atoms with E-state index in [1.807, 2.05) is 12.2 Å². The van der Waals surface area contributed by atoms with Crippen LogP contribution in [0.25, 0.3) is 6.08 Å². The van der Waals surface area contributed by atoms with Crippen LogP contribution in [-0.4, -0.2) is 53.8 Å². The summed E-state index contributed by atoms with van der Waals surface area (Å²) >= 11 is 0. The van der Waals surface area contributed by atoms with Gasteiger partial charge in [0.25, 0.3) is 0 Å². The molecule has 31 heavy (non-hydrogen) atoms. The van der Waals surface area contributed by atoms with E-state index in [9.17, 15) is 4.39 Å². The average Bonchev–Trinajstić information content (AvgIpc) is 2.80. The molecule has 0 saturated carbocycles. The number of nitrogens with zero attached hydrogens (tertiary/aromatic N) is 4. The van der Waals surface area contributed by atoms with Crippen molar-refractivity contribution in [3.63, 3.8) is 0 Å². The van der Waals surface area contributed by atoms with E-state index in [1.54, 1.807) is 24.3 Å². The molecule has 0 atom stereocenters. The van der Waals surface area contributed by atoms with Gasteiger partial charge in [-0.15, -0.1) is 13.2 Å². The Labute approximate surface area is 182 Å². The second kappa shape index (κ2) is 11.8. The van der Waals surface area contributed by atoms with Gasteiger partial charge in [0.1, 0.15) is 5.82 Å². The number of hydrogen-bond donors (Lipinski definition) is 2. The average molecular weight is 425 g/mol. The van der Waals surface area contributed by atoms with E-state index in [2.05, 4.69) is 43.6 Å². The van der Waals surface area contributed by atoms with E-state index < -0.39 is 0 Å². The number of halogens is 1. The summed E-state index contributed by atoms with van der Waals surface area (Å²) in [6.07, 6.45) is 9.38. The summed E-state index contributed by atoms with van der Waals surface area (Å²) in [6, 6.07) is 6.40. The van der Waals surface area contributed by atoms with Crippen LogP contribution in [0.3, 0.4) is 0 Å². The molecule has 1 fully saturated rings. The minimum Gasteiger partial charge on any atom is -0.374 e. The fourth-order valence-electron chi connectivity index (χ4n) is 3.16. The van der Waals surface area contributed by atoms with Crippen molar-refractivity contribution in [2.75, 3.05) is 48.3 Å². The minimum absolute atomic E-state index is 0.188. The van der Waals surface area contributed by atoms with Crippen LogP contribution in [0.1, 0.15) is 18.4 Å². The Hall–Kier alpha value is -3.26. The van der Waals surface area contributed by atoms with Gasteiger partial charge in [-0.05, 0) is 30.5 Å². The van der Waals surface area contributed by atoms with E-state index in [0.717, 1.165) is 31.5 Å². The topological polar surface area (TPSA) is 75.2 Å². The van der Waals surface area contributed by atoms with Crippen LogP contribution in [0.5, 0.6) is 0 Å². The van der Waals surface area contributed by atoms with Gasteiger partial charge in [-0.25, -0.2) is 4.39 Å². The number of rotatable bonds is 11. The summed E-state index contributed by atoms with van der Waals surface area (Å²) in [5.74, 6) is 1.44. The van der Waals surface area contributed by atoms with Crippen molar-refractivity contribution in [3.8, 4) is 0 Å². The molecule has 7 nitrogen and oxygen atoms in total. The molecule has 0 spiro atoms. The lowest BCUT2D eigenvalue weighted by Crippen LogP contribution is -2.38. The Balaban J connectivity index is 1.51. The largest absolute Gasteiger partial charge is 0.374 e. The van der Waals surface area contributed by atoms with Gasteiger partial charge in [0, 0.05) is 26.2 Å². The predicted octanol–water partition coefficient (Wildman–Crippen LogP) is 3.91. The first-order chi connectivity index (χ1) is 15.2. The zero-order valence-corrected chi connectivity index (χ0v) is 17.6. The Kier molecular flexibility index (Phi) is 8.54. The highest BCUT2D eigenvalue weighted by atomic mass is 19.1. The van der Waals surface area contributed by atoms with E-state index in [0.29, 0.717) is 37.5 Å². The molecular formula is C23H29FN6O. The lowest BCUT2D eigenvalue weighted by atomic mass is 10.1. The summed E-state index contributed by atoms with van der Waals surface area (Å²) in [4.78, 5) is 15.6. The first-order valence-corrected chi connectivity index (χ1v) is 10.4. The summed E-state index contributed by atoms with van der Waals surface area (Å²) in [5.41, 5.74) is 0.955. The van der Waals surface area contributed by atoms with Gasteiger partial charge in [0.2, 0.25) is 17.8 Å². The SMILES string of the molecule is C=CCNc1nc(NCC=C)nc(N2CCC(OCC=Cc3ccc(F)cc3)CC2)n1. The Morgan fingerprint density at radius 2 is 1.61 bits per heavy atom. The molecule has 1 aliphatic rings. The molecule has 2 N–H and O–H groups in total. The fraction of sp³-hybridized carbons (Fsp3) is 0.348. The quantitative estimate of drug-likeness (QED) is 0.530. The summed E-state index contributed by atoms with van der Waals surface area (Å²) < 4.78 is 18.9. The molecule has 0 unspecified atom stereocenters. The molecule has 1 saturated heterocycles. The molecule has 3 rings (SSSR count). The number of nitrogens with one attached hydrogen (secondary N) is 2. The van der Waals surface area contributed by atoms with Crippen molar-refractivity contribution in [1.82, 2.24) is 15.0 Å². The molecule has 1 aromatic carbocycles. The van der Waals surface area contributed by atoms with Gasteiger partial charge in [-0.1, -0.05) is 36.4 Å². The van der Waals surface area contributed by atoms with Crippen LogP contribution < -0.4 is 15.5 Å². The molecule has 2 heterocycles. The van der Waals surface area contributed by atoms with Gasteiger partial charge >= 0.3 is 0 Å². The van der Waals surface area contributed by atoms with Crippen molar-refractivity contribution in [3.05, 3.63) is 67.0 Å². The maximum Gasteiger partial charge on any atom is 0.231 e. The highest BCUT2D eigenvalue weighted by Crippen LogP contribution is 2.20. The van der Waals surface area contributed by atoms with Crippen LogP contribution in [0, 0.1) is 5.82 Å². The number of benzene rings is 1. The summed E-state index contributed by atoms with van der Waals surface area (Å²) in [7, 11) is 0. The molecule has 0 bridgehead atoms. The Bertz CT molecular complexity index is 848. The van der Waals surface area contributed by atoms with Gasteiger partial charge in [0.05, 0.1) is 12.7 Å². The third-order valence-corrected chi connectivity index (χ3v) is 4.77. The van der Waals surface area contributed by atoms with Crippen molar-refractivity contribution in [1.29, 1.82) is 0 Å². The van der Waals surface area contributed by atoms with E-state index >= 15 is 0 Å². The van der Waals surface area contributed by atoms with Crippen molar-refractivity contribution in [2.24, 2.45) is 0 Å². The first-order valence-electron chi connectivity index (χ1n) is 10.4. The molecular weight excluding hydrogens is 395 g/mol. The standard InChI is InChI=1S/C23H29FN6O/c1-3-13-25-21-27-22(26-14-4-2)29-23(28-21)30-15-11-20(12-16-30)31-17-5-6-18-7-9-19(24)10-8-18/h3-10,20H,1-2,11-17H2,(H2,25,26,27,28,29). The molecule has 0 aliphatic carbocycles. The predicted molar refractivity (Wildman–Crippen MR) is 124 cm³/mol. The number of hydrogen-bond acceptors (Lipinski definition) is 7. The van der Waals surface area contributed by atoms with Gasteiger partial charge in [-0.2, -0.15) is 15.0 Å². The first kappa shape index (κ1) is 22.4. The van der Waals surface area contributed by atoms with Crippen LogP contribution >= 0.6 is 0 Å². The van der Waals surface area contributed by atoms with Crippen molar-refractivity contribution >= 4 is 23.9 Å². The van der Waals surface area contributed by atoms with Gasteiger partial charge in [0.15, 0.2) is 0 Å². The molecule has 1 aromatic heterocycles. The van der Waals surface area contributed by atoms with Crippen LogP contribution in [0.4, 0.5) is 22.2 Å². The molecule has 164 valence electrons. The number of aromatic nitrogens is 3. The summed E-state index contributed by atoms with van der Waals surface area (Å²) in [6.45, 7) is 10.7. The molecule has 2 aromatic rings. The molecule has 1 aliphatic heterocycles. The van der Waals surface area contributed by atoms with Crippen LogP contribution in [0.2, 0.25) is 0 Å². The number of anilines is 3. The number of piperidine rings is 1. The highest BCUT2D eigenvalue weighted by Gasteiger charge is 2.22. The lowest BCUT2D eigenvalue weighted by Gasteiger charge is -2.32. The molecule has 0 amide bonds. The van der Waals surface area contributed by atoms with E-state index in [4.69, 9.17) is 4.74 Å². The fourth-order valence-corrected chi connectivity index (χ4v) is 3.16. The van der Waals surface area contributed by atoms with Gasteiger partial charge < -0.3 is 20.3 Å². The van der Waals surface area contributed by atoms with Crippen molar-refractivity contribution < 1.29 is 9.13 Å². The normalized spacial score (nSPS) is 14.5. The van der Waals surface area contributed by atoms with E-state index in [-0.39, 0.29) is 11.9 Å². The number of ether oxygens (including phenoxy) is 1. The summed E-state index contributed by atoms with van der Waals surface area (Å²) in [5, 5.41) is 6.25. The highest BCUT2D eigenvalue weighted by molar-refractivity contribution is 5.49. The van der Waals surface area contributed by atoms with Crippen molar-refractivity contribution in [2.45, 2.75) is 18.9 Å². The second-order valence-electron chi connectivity index (χ2n) is 7.10. The maximum atomic E-state index is 12.9. The minimum atomic E-state index is -0.231. The molecule has 8 heteroatoms. The smallest absolute Gasteiger partial charge is 0.231 e. The second-order valence-corrected chi connectivity index (χ2v) is 7.10.